The monoisotopic (exact) mass is 314 g/mol. The molecular weight excluding hydrogens is 296 g/mol. The maximum atomic E-state index is 13.0. The first-order chi connectivity index (χ1) is 11.1. The van der Waals surface area contributed by atoms with Gasteiger partial charge in [0.05, 0.1) is 11.9 Å². The lowest BCUT2D eigenvalue weighted by Gasteiger charge is -2.35. The predicted octanol–water partition coefficient (Wildman–Crippen LogP) is 0.0876. The van der Waals surface area contributed by atoms with Crippen molar-refractivity contribution in [3.05, 3.63) is 42.2 Å². The lowest BCUT2D eigenvalue weighted by Crippen LogP contribution is -2.55. The van der Waals surface area contributed by atoms with Gasteiger partial charge in [-0.2, -0.15) is 5.10 Å². The molecule has 0 saturated carbocycles. The second-order valence-corrected chi connectivity index (χ2v) is 5.43. The van der Waals surface area contributed by atoms with Gasteiger partial charge in [-0.05, 0) is 18.9 Å². The SMILES string of the molecule is CNC(=O)[C@@]1(c2cnccn2)CCCN1C(=O)c1ccnn1C. The summed E-state index contributed by atoms with van der Waals surface area (Å²) in [7, 11) is 3.26. The van der Waals surface area contributed by atoms with Crippen LogP contribution in [0.5, 0.6) is 0 Å². The minimum absolute atomic E-state index is 0.239. The van der Waals surface area contributed by atoms with Crippen LogP contribution in [0.3, 0.4) is 0 Å². The van der Waals surface area contributed by atoms with Gasteiger partial charge >= 0.3 is 0 Å². The van der Waals surface area contributed by atoms with E-state index in [4.69, 9.17) is 0 Å². The maximum Gasteiger partial charge on any atom is 0.273 e. The highest BCUT2D eigenvalue weighted by Crippen LogP contribution is 2.38. The van der Waals surface area contributed by atoms with Gasteiger partial charge in [-0.25, -0.2) is 0 Å². The van der Waals surface area contributed by atoms with Crippen molar-refractivity contribution in [2.75, 3.05) is 13.6 Å². The molecular formula is C15H18N6O2. The summed E-state index contributed by atoms with van der Waals surface area (Å²) in [5.74, 6) is -0.497. The summed E-state index contributed by atoms with van der Waals surface area (Å²) in [5.41, 5.74) is -0.221. The fourth-order valence-electron chi connectivity index (χ4n) is 3.15. The summed E-state index contributed by atoms with van der Waals surface area (Å²) in [4.78, 5) is 35.6. The first-order valence-corrected chi connectivity index (χ1v) is 7.40. The average molecular weight is 314 g/mol. The number of aromatic nitrogens is 4. The van der Waals surface area contributed by atoms with Crippen molar-refractivity contribution < 1.29 is 9.59 Å². The van der Waals surface area contributed by atoms with Crippen LogP contribution < -0.4 is 5.32 Å². The minimum Gasteiger partial charge on any atom is -0.357 e. The maximum absolute atomic E-state index is 13.0. The van der Waals surface area contributed by atoms with Crippen LogP contribution in [0.1, 0.15) is 29.0 Å². The van der Waals surface area contributed by atoms with Crippen LogP contribution in [0.25, 0.3) is 0 Å². The molecule has 8 nitrogen and oxygen atoms in total. The van der Waals surface area contributed by atoms with E-state index < -0.39 is 5.54 Å². The molecule has 0 spiro atoms. The molecule has 3 rings (SSSR count). The second-order valence-electron chi connectivity index (χ2n) is 5.43. The molecule has 2 aromatic rings. The van der Waals surface area contributed by atoms with Crippen molar-refractivity contribution in [3.8, 4) is 0 Å². The van der Waals surface area contributed by atoms with Gasteiger partial charge < -0.3 is 10.2 Å². The minimum atomic E-state index is -1.13. The Morgan fingerprint density at radius 1 is 1.30 bits per heavy atom. The lowest BCUT2D eigenvalue weighted by atomic mass is 9.90. The summed E-state index contributed by atoms with van der Waals surface area (Å²) >= 11 is 0. The molecule has 120 valence electrons. The van der Waals surface area contributed by atoms with Crippen LogP contribution in [0.2, 0.25) is 0 Å². The zero-order valence-corrected chi connectivity index (χ0v) is 13.1. The number of rotatable bonds is 3. The molecule has 8 heteroatoms. The van der Waals surface area contributed by atoms with Gasteiger partial charge in [0.2, 0.25) is 0 Å². The van der Waals surface area contributed by atoms with Crippen LogP contribution in [0.15, 0.2) is 30.9 Å². The van der Waals surface area contributed by atoms with Gasteiger partial charge in [0.25, 0.3) is 11.8 Å². The van der Waals surface area contributed by atoms with E-state index in [-0.39, 0.29) is 11.8 Å². The topological polar surface area (TPSA) is 93.0 Å². The zero-order valence-electron chi connectivity index (χ0n) is 13.1. The number of carbonyl (C=O) groups is 2. The molecule has 0 radical (unpaired) electrons. The first kappa shape index (κ1) is 15.1. The number of carbonyl (C=O) groups excluding carboxylic acids is 2. The fourth-order valence-corrected chi connectivity index (χ4v) is 3.15. The van der Waals surface area contributed by atoms with E-state index in [0.717, 1.165) is 0 Å². The molecule has 2 aromatic heterocycles. The van der Waals surface area contributed by atoms with E-state index >= 15 is 0 Å². The van der Waals surface area contributed by atoms with Gasteiger partial charge in [-0.1, -0.05) is 0 Å². The van der Waals surface area contributed by atoms with E-state index in [1.807, 2.05) is 0 Å². The highest BCUT2D eigenvalue weighted by Gasteiger charge is 2.52. The predicted molar refractivity (Wildman–Crippen MR) is 81.3 cm³/mol. The molecule has 1 fully saturated rings. The molecule has 2 amide bonds. The van der Waals surface area contributed by atoms with Crippen molar-refractivity contribution in [2.24, 2.45) is 7.05 Å². The van der Waals surface area contributed by atoms with Crippen molar-refractivity contribution in [1.29, 1.82) is 0 Å². The van der Waals surface area contributed by atoms with E-state index in [0.29, 0.717) is 30.8 Å². The third-order valence-electron chi connectivity index (χ3n) is 4.26. The van der Waals surface area contributed by atoms with Gasteiger partial charge in [-0.3, -0.25) is 24.2 Å². The summed E-state index contributed by atoms with van der Waals surface area (Å²) < 4.78 is 1.51. The summed E-state index contributed by atoms with van der Waals surface area (Å²) in [6.45, 7) is 0.480. The number of likely N-dealkylation sites (tertiary alicyclic amines) is 1. The van der Waals surface area contributed by atoms with Crippen LogP contribution >= 0.6 is 0 Å². The Hall–Kier alpha value is -2.77. The Morgan fingerprint density at radius 3 is 2.74 bits per heavy atom. The Kier molecular flexibility index (Phi) is 3.81. The standard InChI is InChI=1S/C15H18N6O2/c1-16-14(23)15(12-10-17-7-8-18-12)5-3-9-21(15)13(22)11-4-6-19-20(11)2/h4,6-8,10H,3,5,9H2,1-2H3,(H,16,23)/t15-/m0/s1. The molecule has 1 N–H and O–H groups in total. The van der Waals surface area contributed by atoms with Crippen molar-refractivity contribution in [2.45, 2.75) is 18.4 Å². The van der Waals surface area contributed by atoms with Gasteiger partial charge in [-0.15, -0.1) is 0 Å². The molecule has 1 aliphatic rings. The normalized spacial score (nSPS) is 20.5. The van der Waals surface area contributed by atoms with Gasteiger partial charge in [0.15, 0.2) is 5.54 Å². The van der Waals surface area contributed by atoms with E-state index in [1.54, 1.807) is 43.7 Å². The fraction of sp³-hybridized carbons (Fsp3) is 0.400. The third kappa shape index (κ3) is 2.26. The van der Waals surface area contributed by atoms with Crippen molar-refractivity contribution in [1.82, 2.24) is 30.0 Å². The summed E-state index contributed by atoms with van der Waals surface area (Å²) in [5, 5.41) is 6.70. The third-order valence-corrected chi connectivity index (χ3v) is 4.26. The van der Waals surface area contributed by atoms with Crippen LogP contribution in [-0.4, -0.2) is 50.1 Å². The van der Waals surface area contributed by atoms with E-state index in [1.165, 1.54) is 10.9 Å². The molecule has 0 aliphatic carbocycles. The average Bonchev–Trinajstić information content (AvgIpc) is 3.21. The van der Waals surface area contributed by atoms with Crippen LogP contribution in [0, 0.1) is 0 Å². The molecule has 1 atom stereocenters. The molecule has 3 heterocycles. The zero-order chi connectivity index (χ0) is 16.4. The van der Waals surface area contributed by atoms with Gasteiger partial charge in [0, 0.05) is 39.2 Å². The summed E-state index contributed by atoms with van der Waals surface area (Å²) in [6.07, 6.45) is 7.41. The van der Waals surface area contributed by atoms with Crippen molar-refractivity contribution in [3.63, 3.8) is 0 Å². The van der Waals surface area contributed by atoms with Crippen LogP contribution in [0.4, 0.5) is 0 Å². The largest absolute Gasteiger partial charge is 0.357 e. The molecule has 23 heavy (non-hydrogen) atoms. The highest BCUT2D eigenvalue weighted by atomic mass is 16.2. The second kappa shape index (κ2) is 5.79. The number of hydrogen-bond donors (Lipinski definition) is 1. The number of aryl methyl sites for hydroxylation is 1. The Bertz CT molecular complexity index is 729. The Morgan fingerprint density at radius 2 is 2.13 bits per heavy atom. The summed E-state index contributed by atoms with van der Waals surface area (Å²) in [6, 6.07) is 1.64. The van der Waals surface area contributed by atoms with Gasteiger partial charge in [0.1, 0.15) is 5.69 Å². The molecule has 0 aromatic carbocycles. The number of nitrogens with zero attached hydrogens (tertiary/aromatic N) is 5. The molecule has 1 saturated heterocycles. The molecule has 0 unspecified atom stereocenters. The number of likely N-dealkylation sites (N-methyl/N-ethyl adjacent to an activating group) is 1. The van der Waals surface area contributed by atoms with Crippen LogP contribution in [-0.2, 0) is 17.4 Å². The number of amides is 2. The van der Waals surface area contributed by atoms with Crippen molar-refractivity contribution >= 4 is 11.8 Å². The number of hydrogen-bond acceptors (Lipinski definition) is 5. The Balaban J connectivity index is 2.10. The van der Waals surface area contributed by atoms with E-state index in [9.17, 15) is 9.59 Å². The molecule has 1 aliphatic heterocycles. The first-order valence-electron chi connectivity index (χ1n) is 7.40. The highest BCUT2D eigenvalue weighted by molar-refractivity contribution is 5.99. The quantitative estimate of drug-likeness (QED) is 0.866. The van der Waals surface area contributed by atoms with E-state index in [2.05, 4.69) is 20.4 Å². The smallest absolute Gasteiger partial charge is 0.273 e. The lowest BCUT2D eigenvalue weighted by molar-refractivity contribution is -0.131. The molecule has 0 bridgehead atoms. The number of nitrogens with one attached hydrogen (secondary N) is 1. The Labute approximate surface area is 133 Å².